The van der Waals surface area contributed by atoms with E-state index in [1.807, 2.05) is 6.92 Å². The van der Waals surface area contributed by atoms with Crippen molar-refractivity contribution in [3.63, 3.8) is 0 Å². The van der Waals surface area contributed by atoms with E-state index in [0.717, 1.165) is 11.6 Å². The van der Waals surface area contributed by atoms with E-state index in [-0.39, 0.29) is 38.3 Å². The number of aryl methyl sites for hydroxylation is 1. The third-order valence-electron chi connectivity index (χ3n) is 2.41. The topological polar surface area (TPSA) is 75.3 Å². The van der Waals surface area contributed by atoms with Crippen molar-refractivity contribution in [2.45, 2.75) is 12.6 Å². The zero-order valence-corrected chi connectivity index (χ0v) is 13.1. The summed E-state index contributed by atoms with van der Waals surface area (Å²) in [4.78, 5) is 15.9. The SMILES string of the molecule is [B]C(O)(O)c1ccn(-c2c[c-]c(C)cn2)c(=O)c1.[Y]. The van der Waals surface area contributed by atoms with Gasteiger partial charge in [-0.1, -0.05) is 13.1 Å². The zero-order valence-electron chi connectivity index (χ0n) is 10.2. The number of hydrogen-bond donors (Lipinski definition) is 2. The monoisotopic (exact) mass is 330 g/mol. The number of rotatable bonds is 2. The molecule has 7 heteroatoms. The van der Waals surface area contributed by atoms with Gasteiger partial charge < -0.3 is 19.8 Å². The van der Waals surface area contributed by atoms with Crippen LogP contribution in [-0.4, -0.2) is 27.6 Å². The van der Waals surface area contributed by atoms with Crippen LogP contribution in [0.2, 0.25) is 0 Å². The van der Waals surface area contributed by atoms with Gasteiger partial charge in [-0.15, -0.1) is 11.6 Å². The molecule has 0 aliphatic carbocycles. The molecule has 0 aromatic carbocycles. The summed E-state index contributed by atoms with van der Waals surface area (Å²) >= 11 is 0. The molecule has 0 saturated carbocycles. The van der Waals surface area contributed by atoms with Crippen molar-refractivity contribution in [1.29, 1.82) is 0 Å². The molecule has 2 heterocycles. The van der Waals surface area contributed by atoms with E-state index in [2.05, 4.69) is 11.1 Å². The smallest absolute Gasteiger partial charge is 0.245 e. The molecule has 0 atom stereocenters. The van der Waals surface area contributed by atoms with Gasteiger partial charge >= 0.3 is 0 Å². The normalized spacial score (nSPS) is 10.9. The second-order valence-corrected chi connectivity index (χ2v) is 3.94. The zero-order chi connectivity index (χ0) is 13.3. The fourth-order valence-electron chi connectivity index (χ4n) is 1.44. The maximum Gasteiger partial charge on any atom is 0.245 e. The Hall–Kier alpha value is -0.811. The van der Waals surface area contributed by atoms with Crippen molar-refractivity contribution >= 4 is 7.85 Å². The molecular formula is C12H10BN2O3Y-. The molecule has 0 unspecified atom stereocenters. The fraction of sp³-hybridized carbons (Fsp3) is 0.167. The Balaban J connectivity index is 0.00000180. The van der Waals surface area contributed by atoms with Crippen LogP contribution in [0.25, 0.3) is 5.82 Å². The molecule has 0 bridgehead atoms. The first-order valence-corrected chi connectivity index (χ1v) is 5.19. The van der Waals surface area contributed by atoms with E-state index >= 15 is 0 Å². The van der Waals surface area contributed by atoms with Crippen molar-refractivity contribution < 1.29 is 42.9 Å². The van der Waals surface area contributed by atoms with Crippen LogP contribution in [-0.2, 0) is 38.4 Å². The molecule has 0 aliphatic rings. The average Bonchev–Trinajstić information content (AvgIpc) is 2.29. The number of pyridine rings is 2. The largest absolute Gasteiger partial charge is 0.371 e. The minimum Gasteiger partial charge on any atom is -0.371 e. The van der Waals surface area contributed by atoms with Crippen LogP contribution in [0.15, 0.2) is 35.4 Å². The maximum atomic E-state index is 11.8. The maximum absolute atomic E-state index is 11.8. The number of nitrogens with zero attached hydrogens (tertiary/aromatic N) is 2. The molecule has 0 aliphatic heterocycles. The molecule has 93 valence electrons. The van der Waals surface area contributed by atoms with Gasteiger partial charge in [0.05, 0.1) is 0 Å². The minimum atomic E-state index is -2.52. The van der Waals surface area contributed by atoms with Crippen molar-refractivity contribution in [3.8, 4) is 5.82 Å². The molecule has 19 heavy (non-hydrogen) atoms. The van der Waals surface area contributed by atoms with Crippen molar-refractivity contribution in [2.24, 2.45) is 0 Å². The van der Waals surface area contributed by atoms with Gasteiger partial charge in [-0.3, -0.25) is 4.79 Å². The molecule has 2 aromatic heterocycles. The van der Waals surface area contributed by atoms with Crippen LogP contribution in [0.4, 0.5) is 0 Å². The Morgan fingerprint density at radius 2 is 2.16 bits per heavy atom. The van der Waals surface area contributed by atoms with E-state index in [1.54, 1.807) is 12.3 Å². The summed E-state index contributed by atoms with van der Waals surface area (Å²) in [5.74, 6) is 0.399. The summed E-state index contributed by atoms with van der Waals surface area (Å²) in [7, 11) is 5.08. The van der Waals surface area contributed by atoms with Gasteiger partial charge in [0.1, 0.15) is 5.69 Å². The van der Waals surface area contributed by atoms with Gasteiger partial charge in [-0.05, 0) is 6.07 Å². The van der Waals surface area contributed by atoms with Crippen LogP contribution in [0.5, 0.6) is 0 Å². The molecule has 2 N–H and O–H groups in total. The molecular weight excluding hydrogens is 320 g/mol. The first-order valence-electron chi connectivity index (χ1n) is 5.19. The van der Waals surface area contributed by atoms with Crippen LogP contribution < -0.4 is 5.56 Å². The van der Waals surface area contributed by atoms with Crippen LogP contribution in [0.1, 0.15) is 11.1 Å². The molecule has 2 aromatic rings. The van der Waals surface area contributed by atoms with E-state index < -0.39 is 11.2 Å². The number of aliphatic hydroxyl groups is 2. The van der Waals surface area contributed by atoms with Crippen LogP contribution in [0.3, 0.4) is 0 Å². The van der Waals surface area contributed by atoms with Crippen molar-refractivity contribution in [3.05, 3.63) is 58.1 Å². The van der Waals surface area contributed by atoms with E-state index in [0.29, 0.717) is 5.82 Å². The molecule has 0 spiro atoms. The molecule has 0 saturated heterocycles. The first kappa shape index (κ1) is 16.2. The summed E-state index contributed by atoms with van der Waals surface area (Å²) in [6.07, 6.45) is 2.96. The molecule has 3 radical (unpaired) electrons. The summed E-state index contributed by atoms with van der Waals surface area (Å²) in [5, 5.41) is 18.3. The number of hydrogen-bond acceptors (Lipinski definition) is 4. The van der Waals surface area contributed by atoms with Gasteiger partial charge in [0.2, 0.25) is 5.56 Å². The number of aromatic nitrogens is 2. The van der Waals surface area contributed by atoms with Gasteiger partial charge in [-0.2, -0.15) is 6.07 Å². The standard InChI is InChI=1S/C12H10BN2O3.Y/c1-8-2-3-10(14-7-8)15-5-4-9(6-11(15)16)12(13,17)18;/h3-7,17-18H,1H3;/q-1;. The van der Waals surface area contributed by atoms with E-state index in [9.17, 15) is 15.0 Å². The second kappa shape index (κ2) is 6.09. The van der Waals surface area contributed by atoms with E-state index in [4.69, 9.17) is 7.85 Å². The Morgan fingerprint density at radius 1 is 1.47 bits per heavy atom. The third kappa shape index (κ3) is 3.83. The second-order valence-electron chi connectivity index (χ2n) is 3.94. The molecule has 5 nitrogen and oxygen atoms in total. The van der Waals surface area contributed by atoms with Gasteiger partial charge in [0.15, 0.2) is 7.85 Å². The van der Waals surface area contributed by atoms with E-state index in [1.165, 1.54) is 16.8 Å². The average molecular weight is 330 g/mol. The molecule has 0 fully saturated rings. The van der Waals surface area contributed by atoms with Crippen LogP contribution >= 0.6 is 0 Å². The quantitative estimate of drug-likeness (QED) is 0.447. The van der Waals surface area contributed by atoms with Crippen LogP contribution in [0, 0.1) is 13.0 Å². The predicted octanol–water partition coefficient (Wildman–Crippen LogP) is -0.398. The van der Waals surface area contributed by atoms with Gasteiger partial charge in [0.25, 0.3) is 0 Å². The first-order chi connectivity index (χ1) is 8.38. The molecule has 0 amide bonds. The Labute approximate surface area is 136 Å². The fourth-order valence-corrected chi connectivity index (χ4v) is 1.44. The predicted molar refractivity (Wildman–Crippen MR) is 65.3 cm³/mol. The van der Waals surface area contributed by atoms with Gasteiger partial charge in [0, 0.05) is 56.4 Å². The molecule has 2 rings (SSSR count). The summed E-state index contributed by atoms with van der Waals surface area (Å²) in [6, 6.07) is 6.88. The Morgan fingerprint density at radius 3 is 2.63 bits per heavy atom. The Bertz CT molecular complexity index is 620. The minimum absolute atomic E-state index is 0. The summed E-state index contributed by atoms with van der Waals surface area (Å²) in [5.41, 5.74) is -2.21. The van der Waals surface area contributed by atoms with Gasteiger partial charge in [-0.25, -0.2) is 0 Å². The Kier molecular flexibility index (Phi) is 5.21. The van der Waals surface area contributed by atoms with Crippen molar-refractivity contribution in [2.75, 3.05) is 0 Å². The summed E-state index contributed by atoms with van der Waals surface area (Å²) < 4.78 is 1.26. The third-order valence-corrected chi connectivity index (χ3v) is 2.41. The van der Waals surface area contributed by atoms with Crippen molar-refractivity contribution in [1.82, 2.24) is 9.55 Å². The summed E-state index contributed by atoms with van der Waals surface area (Å²) in [6.45, 7) is 1.84.